The Morgan fingerprint density at radius 3 is 2.21 bits per heavy atom. The van der Waals surface area contributed by atoms with Gasteiger partial charge >= 0.3 is 0 Å². The van der Waals surface area contributed by atoms with Gasteiger partial charge in [0.15, 0.2) is 0 Å². The SMILES string of the molecule is CC.CC(C)(C)c1ccc2nc3c4ccccc4ccn3c2c1.CCP(C)C. The Bertz CT molecular complexity index is 1040. The number of aromatic nitrogens is 2. The second-order valence-electron chi connectivity index (χ2n) is 8.06. The number of benzene rings is 2. The van der Waals surface area contributed by atoms with Crippen LogP contribution in [0.5, 0.6) is 0 Å². The maximum Gasteiger partial charge on any atom is 0.145 e. The van der Waals surface area contributed by atoms with E-state index in [2.05, 4.69) is 100 Å². The summed E-state index contributed by atoms with van der Waals surface area (Å²) in [7, 11) is 0.402. The second kappa shape index (κ2) is 9.52. The van der Waals surface area contributed by atoms with Crippen LogP contribution in [0.25, 0.3) is 27.5 Å². The largest absolute Gasteiger partial charge is 0.299 e. The first kappa shape index (κ1) is 22.4. The van der Waals surface area contributed by atoms with Crippen molar-refractivity contribution in [1.29, 1.82) is 0 Å². The molecule has 2 nitrogen and oxygen atoms in total. The molecule has 0 bridgehead atoms. The Balaban J connectivity index is 0.000000352. The minimum atomic E-state index is 0.148. The lowest BCUT2D eigenvalue weighted by molar-refractivity contribution is 0.591. The van der Waals surface area contributed by atoms with Crippen molar-refractivity contribution in [1.82, 2.24) is 9.38 Å². The standard InChI is InChI=1S/C19H18N2.C4H11P.C2H6/c1-19(2,3)14-8-9-16-17(12-14)21-11-10-13-6-4-5-7-15(13)18(21)20-16;1-4-5(2)3;1-2/h4-12H,1-3H3;4H2,1-3H3;1-2H3. The molecular weight excluding hydrogens is 359 g/mol. The number of rotatable bonds is 1. The Hall–Kier alpha value is -1.92. The van der Waals surface area contributed by atoms with E-state index in [4.69, 9.17) is 4.98 Å². The highest BCUT2D eigenvalue weighted by molar-refractivity contribution is 7.55. The third-order valence-corrected chi connectivity index (χ3v) is 6.06. The van der Waals surface area contributed by atoms with Gasteiger partial charge in [-0.05, 0) is 54.1 Å². The van der Waals surface area contributed by atoms with Crippen LogP contribution in [0.3, 0.4) is 0 Å². The van der Waals surface area contributed by atoms with Gasteiger partial charge in [-0.3, -0.25) is 4.40 Å². The van der Waals surface area contributed by atoms with Gasteiger partial charge in [-0.25, -0.2) is 4.98 Å². The van der Waals surface area contributed by atoms with Crippen molar-refractivity contribution in [3.63, 3.8) is 0 Å². The van der Waals surface area contributed by atoms with Crippen LogP contribution >= 0.6 is 7.92 Å². The number of hydrogen-bond donors (Lipinski definition) is 0. The van der Waals surface area contributed by atoms with Gasteiger partial charge < -0.3 is 0 Å². The summed E-state index contributed by atoms with van der Waals surface area (Å²) in [6.07, 6.45) is 3.49. The van der Waals surface area contributed by atoms with Gasteiger partial charge in [0.2, 0.25) is 0 Å². The van der Waals surface area contributed by atoms with Crippen molar-refractivity contribution in [2.45, 2.75) is 47.0 Å². The fourth-order valence-electron chi connectivity index (χ4n) is 2.90. The molecule has 28 heavy (non-hydrogen) atoms. The molecule has 0 saturated carbocycles. The summed E-state index contributed by atoms with van der Waals surface area (Å²) >= 11 is 0. The zero-order valence-corrected chi connectivity index (χ0v) is 19.6. The first-order valence-corrected chi connectivity index (χ1v) is 12.7. The quantitative estimate of drug-likeness (QED) is 0.302. The lowest BCUT2D eigenvalue weighted by Crippen LogP contribution is -2.10. The number of pyridine rings is 1. The molecule has 2 heterocycles. The molecule has 150 valence electrons. The molecule has 0 fully saturated rings. The van der Waals surface area contributed by atoms with Crippen LogP contribution in [-0.4, -0.2) is 28.9 Å². The van der Waals surface area contributed by atoms with E-state index >= 15 is 0 Å². The monoisotopic (exact) mass is 394 g/mol. The Morgan fingerprint density at radius 1 is 0.964 bits per heavy atom. The average molecular weight is 395 g/mol. The van der Waals surface area contributed by atoms with Crippen LogP contribution in [-0.2, 0) is 5.41 Å². The van der Waals surface area contributed by atoms with E-state index in [1.807, 2.05) is 13.8 Å². The summed E-state index contributed by atoms with van der Waals surface area (Å²) < 4.78 is 2.20. The summed E-state index contributed by atoms with van der Waals surface area (Å²) in [5.41, 5.74) is 4.76. The van der Waals surface area contributed by atoms with Gasteiger partial charge in [-0.15, -0.1) is 7.92 Å². The van der Waals surface area contributed by atoms with Crippen molar-refractivity contribution in [3.8, 4) is 0 Å². The van der Waals surface area contributed by atoms with Gasteiger partial charge in [0, 0.05) is 11.6 Å². The predicted molar refractivity (Wildman–Crippen MR) is 130 cm³/mol. The molecule has 4 aromatic rings. The van der Waals surface area contributed by atoms with Gasteiger partial charge in [0.25, 0.3) is 0 Å². The molecule has 0 aliphatic rings. The smallest absolute Gasteiger partial charge is 0.145 e. The van der Waals surface area contributed by atoms with Gasteiger partial charge in [0.05, 0.1) is 11.0 Å². The highest BCUT2D eigenvalue weighted by Crippen LogP contribution is 2.28. The lowest BCUT2D eigenvalue weighted by Gasteiger charge is -2.18. The Morgan fingerprint density at radius 2 is 1.61 bits per heavy atom. The van der Waals surface area contributed by atoms with Crippen LogP contribution in [0.1, 0.15) is 47.1 Å². The number of hydrogen-bond acceptors (Lipinski definition) is 1. The molecule has 2 aromatic heterocycles. The number of imidazole rings is 1. The third kappa shape index (κ3) is 4.92. The van der Waals surface area contributed by atoms with Crippen molar-refractivity contribution in [3.05, 3.63) is 60.3 Å². The van der Waals surface area contributed by atoms with E-state index in [1.54, 1.807) is 0 Å². The van der Waals surface area contributed by atoms with Crippen molar-refractivity contribution in [2.75, 3.05) is 19.5 Å². The summed E-state index contributed by atoms with van der Waals surface area (Å²) in [5.74, 6) is 0. The fraction of sp³-hybridized carbons (Fsp3) is 0.400. The molecule has 3 heteroatoms. The molecule has 0 saturated heterocycles. The summed E-state index contributed by atoms with van der Waals surface area (Å²) in [6, 6.07) is 17.2. The topological polar surface area (TPSA) is 17.3 Å². The normalized spacial score (nSPS) is 11.3. The molecule has 0 N–H and O–H groups in total. The van der Waals surface area contributed by atoms with E-state index in [1.165, 1.54) is 28.0 Å². The van der Waals surface area contributed by atoms with Crippen molar-refractivity contribution in [2.24, 2.45) is 0 Å². The third-order valence-electron chi connectivity index (χ3n) is 4.79. The van der Waals surface area contributed by atoms with Crippen LogP contribution < -0.4 is 0 Å². The molecular formula is C25H35N2P. The number of fused-ring (bicyclic) bond motifs is 5. The van der Waals surface area contributed by atoms with Crippen LogP contribution in [0.4, 0.5) is 0 Å². The Labute approximate surface area is 171 Å². The van der Waals surface area contributed by atoms with E-state index in [0.717, 1.165) is 11.2 Å². The zero-order chi connectivity index (χ0) is 20.9. The average Bonchev–Trinajstić information content (AvgIpc) is 3.07. The van der Waals surface area contributed by atoms with Crippen LogP contribution in [0, 0.1) is 0 Å². The summed E-state index contributed by atoms with van der Waals surface area (Å²) in [4.78, 5) is 4.83. The van der Waals surface area contributed by atoms with Crippen LogP contribution in [0.2, 0.25) is 0 Å². The van der Waals surface area contributed by atoms with E-state index in [0.29, 0.717) is 7.92 Å². The molecule has 0 aliphatic carbocycles. The highest BCUT2D eigenvalue weighted by Gasteiger charge is 2.16. The molecule has 4 rings (SSSR count). The molecule has 2 aromatic carbocycles. The van der Waals surface area contributed by atoms with Crippen LogP contribution in [0.15, 0.2) is 54.7 Å². The van der Waals surface area contributed by atoms with E-state index in [9.17, 15) is 0 Å². The van der Waals surface area contributed by atoms with E-state index in [-0.39, 0.29) is 5.41 Å². The first-order valence-electron chi connectivity index (χ1n) is 10.3. The van der Waals surface area contributed by atoms with E-state index < -0.39 is 0 Å². The molecule has 0 amide bonds. The van der Waals surface area contributed by atoms with Gasteiger partial charge in [0.1, 0.15) is 5.65 Å². The fourth-order valence-corrected chi connectivity index (χ4v) is 2.90. The van der Waals surface area contributed by atoms with Gasteiger partial charge in [-0.2, -0.15) is 0 Å². The molecule has 0 radical (unpaired) electrons. The molecule has 0 spiro atoms. The number of nitrogens with zero attached hydrogens (tertiary/aromatic N) is 2. The summed E-state index contributed by atoms with van der Waals surface area (Å²) in [5, 5.41) is 2.44. The lowest BCUT2D eigenvalue weighted by atomic mass is 9.87. The molecule has 0 atom stereocenters. The molecule has 0 aliphatic heterocycles. The predicted octanol–water partition coefficient (Wildman–Crippen LogP) is 7.71. The van der Waals surface area contributed by atoms with Crippen molar-refractivity contribution < 1.29 is 0 Å². The highest BCUT2D eigenvalue weighted by atomic mass is 31.1. The van der Waals surface area contributed by atoms with Gasteiger partial charge in [-0.1, -0.05) is 71.9 Å². The first-order chi connectivity index (χ1) is 13.3. The minimum Gasteiger partial charge on any atom is -0.299 e. The maximum absolute atomic E-state index is 4.83. The Kier molecular flexibility index (Phi) is 7.61. The maximum atomic E-state index is 4.83. The van der Waals surface area contributed by atoms with Crippen molar-refractivity contribution >= 4 is 35.4 Å². The molecule has 0 unspecified atom stereocenters. The zero-order valence-electron chi connectivity index (χ0n) is 18.7. The second-order valence-corrected chi connectivity index (χ2v) is 10.8. The minimum absolute atomic E-state index is 0.148. The summed E-state index contributed by atoms with van der Waals surface area (Å²) in [6.45, 7) is 17.5.